The van der Waals surface area contributed by atoms with Crippen LogP contribution in [-0.4, -0.2) is 26.5 Å². The van der Waals surface area contributed by atoms with Crippen LogP contribution in [0.25, 0.3) is 11.4 Å². The Morgan fingerprint density at radius 2 is 1.94 bits per heavy atom. The average molecular weight is 231 g/mol. The summed E-state index contributed by atoms with van der Waals surface area (Å²) in [5.74, 6) is 1.23. The molecule has 0 radical (unpaired) electrons. The molecule has 4 heteroatoms. The molecular weight excluding hydrogens is 214 g/mol. The van der Waals surface area contributed by atoms with Crippen molar-refractivity contribution in [1.82, 2.24) is 14.8 Å². The van der Waals surface area contributed by atoms with Gasteiger partial charge in [-0.3, -0.25) is 4.68 Å². The number of nitrogens with zero attached hydrogens (tertiary/aromatic N) is 3. The van der Waals surface area contributed by atoms with Crippen molar-refractivity contribution >= 4 is 0 Å². The van der Waals surface area contributed by atoms with E-state index in [1.54, 1.807) is 11.0 Å². The van der Waals surface area contributed by atoms with Crippen LogP contribution >= 0.6 is 0 Å². The average Bonchev–Trinajstić information content (AvgIpc) is 2.78. The van der Waals surface area contributed by atoms with Crippen LogP contribution < -0.4 is 0 Å². The number of rotatable bonds is 4. The van der Waals surface area contributed by atoms with E-state index in [0.717, 1.165) is 5.56 Å². The van der Waals surface area contributed by atoms with Crippen molar-refractivity contribution in [3.8, 4) is 11.4 Å². The maximum Gasteiger partial charge on any atom is 0.181 e. The third-order valence-electron chi connectivity index (χ3n) is 2.70. The topological polar surface area (TPSA) is 50.9 Å². The van der Waals surface area contributed by atoms with Crippen molar-refractivity contribution in [2.24, 2.45) is 0 Å². The van der Waals surface area contributed by atoms with Gasteiger partial charge in [-0.1, -0.05) is 38.1 Å². The lowest BCUT2D eigenvalue weighted by Crippen LogP contribution is -2.02. The van der Waals surface area contributed by atoms with E-state index in [4.69, 9.17) is 5.11 Å². The Morgan fingerprint density at radius 1 is 1.24 bits per heavy atom. The van der Waals surface area contributed by atoms with Gasteiger partial charge in [-0.2, -0.15) is 5.10 Å². The summed E-state index contributed by atoms with van der Waals surface area (Å²) in [6, 6.07) is 8.28. The molecule has 17 heavy (non-hydrogen) atoms. The van der Waals surface area contributed by atoms with Crippen LogP contribution in [0.4, 0.5) is 0 Å². The fourth-order valence-electron chi connectivity index (χ4n) is 1.65. The molecule has 90 valence electrons. The Kier molecular flexibility index (Phi) is 3.54. The lowest BCUT2D eigenvalue weighted by molar-refractivity contribution is 0.269. The number of aliphatic hydroxyl groups is 1. The molecule has 1 aromatic heterocycles. The van der Waals surface area contributed by atoms with Crippen LogP contribution in [0.1, 0.15) is 25.3 Å². The number of hydrogen-bond acceptors (Lipinski definition) is 3. The van der Waals surface area contributed by atoms with Crippen LogP contribution in [-0.2, 0) is 6.54 Å². The van der Waals surface area contributed by atoms with E-state index in [1.165, 1.54) is 5.56 Å². The van der Waals surface area contributed by atoms with E-state index in [2.05, 4.69) is 36.1 Å². The SMILES string of the molecule is CC(C)c1ccc(-c2ncn(CCO)n2)cc1. The molecule has 0 spiro atoms. The minimum atomic E-state index is 0.0785. The van der Waals surface area contributed by atoms with E-state index in [1.807, 2.05) is 12.1 Å². The van der Waals surface area contributed by atoms with Gasteiger partial charge in [-0.25, -0.2) is 4.98 Å². The summed E-state index contributed by atoms with van der Waals surface area (Å²) < 4.78 is 1.64. The molecule has 4 nitrogen and oxygen atoms in total. The first kappa shape index (κ1) is 11.8. The van der Waals surface area contributed by atoms with Crippen LogP contribution in [0.3, 0.4) is 0 Å². The first-order valence-corrected chi connectivity index (χ1v) is 5.81. The second kappa shape index (κ2) is 5.10. The molecule has 0 fully saturated rings. The molecule has 0 bridgehead atoms. The smallest absolute Gasteiger partial charge is 0.181 e. The van der Waals surface area contributed by atoms with Crippen molar-refractivity contribution in [3.63, 3.8) is 0 Å². The first-order valence-electron chi connectivity index (χ1n) is 5.81. The number of aliphatic hydroxyl groups excluding tert-OH is 1. The summed E-state index contributed by atoms with van der Waals surface area (Å²) in [6.45, 7) is 4.90. The van der Waals surface area contributed by atoms with E-state index < -0.39 is 0 Å². The monoisotopic (exact) mass is 231 g/mol. The lowest BCUT2D eigenvalue weighted by atomic mass is 10.0. The summed E-state index contributed by atoms with van der Waals surface area (Å²) >= 11 is 0. The van der Waals surface area contributed by atoms with Crippen LogP contribution in [0.2, 0.25) is 0 Å². The summed E-state index contributed by atoms with van der Waals surface area (Å²) in [4.78, 5) is 4.22. The normalized spacial score (nSPS) is 11.1. The van der Waals surface area contributed by atoms with Gasteiger partial charge in [-0.15, -0.1) is 0 Å². The Hall–Kier alpha value is -1.68. The second-order valence-corrected chi connectivity index (χ2v) is 4.33. The molecule has 0 saturated heterocycles. The third-order valence-corrected chi connectivity index (χ3v) is 2.70. The summed E-state index contributed by atoms with van der Waals surface area (Å²) in [5.41, 5.74) is 2.31. The highest BCUT2D eigenvalue weighted by Gasteiger charge is 2.05. The van der Waals surface area contributed by atoms with Crippen molar-refractivity contribution in [3.05, 3.63) is 36.2 Å². The fraction of sp³-hybridized carbons (Fsp3) is 0.385. The predicted molar refractivity (Wildman–Crippen MR) is 66.6 cm³/mol. The molecule has 2 rings (SSSR count). The van der Waals surface area contributed by atoms with Gasteiger partial charge < -0.3 is 5.11 Å². The summed E-state index contributed by atoms with van der Waals surface area (Å²) in [7, 11) is 0. The number of benzene rings is 1. The lowest BCUT2D eigenvalue weighted by Gasteiger charge is -2.04. The maximum atomic E-state index is 8.81. The minimum Gasteiger partial charge on any atom is -0.394 e. The molecule has 0 aliphatic carbocycles. The van der Waals surface area contributed by atoms with Gasteiger partial charge in [0.2, 0.25) is 0 Å². The maximum absolute atomic E-state index is 8.81. The summed E-state index contributed by atoms with van der Waals surface area (Å²) in [5, 5.41) is 13.1. The molecular formula is C13H17N3O. The Labute approximate surface area is 101 Å². The molecule has 0 aliphatic heterocycles. The van der Waals surface area contributed by atoms with Gasteiger partial charge in [-0.05, 0) is 11.5 Å². The van der Waals surface area contributed by atoms with Gasteiger partial charge in [0.15, 0.2) is 5.82 Å². The molecule has 0 amide bonds. The second-order valence-electron chi connectivity index (χ2n) is 4.33. The summed E-state index contributed by atoms with van der Waals surface area (Å²) in [6.07, 6.45) is 1.64. The third kappa shape index (κ3) is 2.71. The molecule has 0 unspecified atom stereocenters. The molecule has 0 aliphatic rings. The zero-order chi connectivity index (χ0) is 12.3. The molecule has 1 N–H and O–H groups in total. The Balaban J connectivity index is 2.21. The van der Waals surface area contributed by atoms with Gasteiger partial charge >= 0.3 is 0 Å². The van der Waals surface area contributed by atoms with Gasteiger partial charge in [0, 0.05) is 5.56 Å². The van der Waals surface area contributed by atoms with E-state index >= 15 is 0 Å². The standard InChI is InChI=1S/C13H17N3O/c1-10(2)11-3-5-12(6-4-11)13-14-9-16(15-13)7-8-17/h3-6,9-10,17H,7-8H2,1-2H3. The van der Waals surface area contributed by atoms with Crippen molar-refractivity contribution in [2.45, 2.75) is 26.3 Å². The molecule has 0 atom stereocenters. The van der Waals surface area contributed by atoms with E-state index in [9.17, 15) is 0 Å². The van der Waals surface area contributed by atoms with Crippen molar-refractivity contribution in [2.75, 3.05) is 6.61 Å². The van der Waals surface area contributed by atoms with Crippen molar-refractivity contribution in [1.29, 1.82) is 0 Å². The molecule has 0 saturated carbocycles. The van der Waals surface area contributed by atoms with Crippen molar-refractivity contribution < 1.29 is 5.11 Å². The Bertz CT molecular complexity index is 474. The highest BCUT2D eigenvalue weighted by Crippen LogP contribution is 2.19. The number of aromatic nitrogens is 3. The minimum absolute atomic E-state index is 0.0785. The zero-order valence-corrected chi connectivity index (χ0v) is 10.2. The van der Waals surface area contributed by atoms with E-state index in [-0.39, 0.29) is 6.61 Å². The van der Waals surface area contributed by atoms with Gasteiger partial charge in [0.1, 0.15) is 6.33 Å². The Morgan fingerprint density at radius 3 is 2.53 bits per heavy atom. The van der Waals surface area contributed by atoms with Gasteiger partial charge in [0.25, 0.3) is 0 Å². The van der Waals surface area contributed by atoms with Crippen LogP contribution in [0, 0.1) is 0 Å². The van der Waals surface area contributed by atoms with Crippen LogP contribution in [0.5, 0.6) is 0 Å². The highest BCUT2D eigenvalue weighted by molar-refractivity contribution is 5.54. The van der Waals surface area contributed by atoms with Gasteiger partial charge in [0.05, 0.1) is 13.2 Å². The molecule has 1 aromatic carbocycles. The fourth-order valence-corrected chi connectivity index (χ4v) is 1.65. The van der Waals surface area contributed by atoms with Crippen LogP contribution in [0.15, 0.2) is 30.6 Å². The quantitative estimate of drug-likeness (QED) is 0.876. The molecule has 2 aromatic rings. The number of hydrogen-bond donors (Lipinski definition) is 1. The first-order chi connectivity index (χ1) is 8.20. The molecule has 1 heterocycles. The van der Waals surface area contributed by atoms with E-state index in [0.29, 0.717) is 18.3 Å². The predicted octanol–water partition coefficient (Wildman–Crippen LogP) is 2.06. The highest BCUT2D eigenvalue weighted by atomic mass is 16.3. The largest absolute Gasteiger partial charge is 0.394 e. The zero-order valence-electron chi connectivity index (χ0n) is 10.2.